The van der Waals surface area contributed by atoms with Gasteiger partial charge in [0.1, 0.15) is 11.5 Å². The van der Waals surface area contributed by atoms with E-state index < -0.39 is 40.5 Å². The van der Waals surface area contributed by atoms with Gasteiger partial charge in [0.15, 0.2) is 0 Å². The Labute approximate surface area is 119 Å². The largest absolute Gasteiger partial charge is 0.497 e. The quantitative estimate of drug-likeness (QED) is 0.751. The fourth-order valence-electron chi connectivity index (χ4n) is 1.35. The van der Waals surface area contributed by atoms with Crippen molar-refractivity contribution >= 4 is 21.7 Å². The Kier molecular flexibility index (Phi) is 5.70. The van der Waals surface area contributed by atoms with E-state index >= 15 is 0 Å². The van der Waals surface area contributed by atoms with Crippen LogP contribution in [0.3, 0.4) is 0 Å². The Balaban J connectivity index is 3.00. The molecule has 0 radical (unpaired) electrons. The Morgan fingerprint density at radius 2 is 2.10 bits per heavy atom. The number of benzene rings is 1. The first kappa shape index (κ1) is 17.0. The van der Waals surface area contributed by atoms with E-state index in [1.165, 1.54) is 13.2 Å². The molecule has 0 amide bonds. The number of carboxylic acids is 1. The molecule has 21 heavy (non-hydrogen) atoms. The molecular formula is C11H13F2NO6S. The number of halogens is 2. The van der Waals surface area contributed by atoms with Gasteiger partial charge in [0, 0.05) is 6.07 Å². The summed E-state index contributed by atoms with van der Waals surface area (Å²) in [4.78, 5) is 10.4. The molecule has 0 spiro atoms. The Morgan fingerprint density at radius 3 is 2.62 bits per heavy atom. The van der Waals surface area contributed by atoms with Crippen LogP contribution < -0.4 is 14.2 Å². The second-order valence-electron chi connectivity index (χ2n) is 3.81. The van der Waals surface area contributed by atoms with Crippen molar-refractivity contribution in [3.63, 3.8) is 0 Å². The highest BCUT2D eigenvalue weighted by molar-refractivity contribution is 7.92. The fraction of sp³-hybridized carbons (Fsp3) is 0.364. The normalized spacial score (nSPS) is 11.2. The van der Waals surface area contributed by atoms with Crippen LogP contribution in [0.2, 0.25) is 0 Å². The van der Waals surface area contributed by atoms with E-state index in [1.54, 1.807) is 0 Å². The number of ether oxygens (including phenoxy) is 2. The highest BCUT2D eigenvalue weighted by Crippen LogP contribution is 2.31. The number of hydrogen-bond donors (Lipinski definition) is 2. The first-order chi connectivity index (χ1) is 9.73. The second-order valence-corrected chi connectivity index (χ2v) is 5.65. The van der Waals surface area contributed by atoms with Gasteiger partial charge in [-0.05, 0) is 12.1 Å². The maximum absolute atomic E-state index is 12.3. The lowest BCUT2D eigenvalue weighted by molar-refractivity contribution is -0.136. The summed E-state index contributed by atoms with van der Waals surface area (Å²) in [6, 6.07) is 3.57. The molecule has 0 bridgehead atoms. The topological polar surface area (TPSA) is 102 Å². The van der Waals surface area contributed by atoms with E-state index in [2.05, 4.69) is 4.74 Å². The van der Waals surface area contributed by atoms with Crippen molar-refractivity contribution in [2.24, 2.45) is 0 Å². The standard InChI is InChI=1S/C11H13F2NO6S/c1-19-7-2-3-9(20-11(12)13)8(6-7)14-21(17,18)5-4-10(15)16/h2-3,6,11,14H,4-5H2,1H3,(H,15,16). The van der Waals surface area contributed by atoms with Crippen LogP contribution in [0, 0.1) is 0 Å². The molecule has 118 valence electrons. The Hall–Kier alpha value is -2.10. The minimum Gasteiger partial charge on any atom is -0.497 e. The van der Waals surface area contributed by atoms with Gasteiger partial charge >= 0.3 is 12.6 Å². The van der Waals surface area contributed by atoms with Crippen LogP contribution in [0.25, 0.3) is 0 Å². The number of carboxylic acid groups (broad SMARTS) is 1. The first-order valence-electron chi connectivity index (χ1n) is 5.58. The van der Waals surface area contributed by atoms with Gasteiger partial charge in [-0.1, -0.05) is 0 Å². The average Bonchev–Trinajstić information content (AvgIpc) is 2.38. The third kappa shape index (κ3) is 5.81. The van der Waals surface area contributed by atoms with Crippen molar-refractivity contribution in [3.05, 3.63) is 18.2 Å². The second kappa shape index (κ2) is 7.07. The van der Waals surface area contributed by atoms with E-state index in [4.69, 9.17) is 9.84 Å². The van der Waals surface area contributed by atoms with Crippen LogP contribution in [-0.2, 0) is 14.8 Å². The van der Waals surface area contributed by atoms with Gasteiger partial charge in [-0.2, -0.15) is 8.78 Å². The predicted molar refractivity (Wildman–Crippen MR) is 69.3 cm³/mol. The lowest BCUT2D eigenvalue weighted by Gasteiger charge is -2.14. The van der Waals surface area contributed by atoms with Crippen LogP contribution >= 0.6 is 0 Å². The summed E-state index contributed by atoms with van der Waals surface area (Å²) >= 11 is 0. The molecule has 0 fully saturated rings. The molecule has 0 unspecified atom stereocenters. The molecular weight excluding hydrogens is 312 g/mol. The zero-order valence-electron chi connectivity index (χ0n) is 10.9. The number of alkyl halides is 2. The van der Waals surface area contributed by atoms with E-state index in [-0.39, 0.29) is 11.4 Å². The Bertz CT molecular complexity index is 605. The van der Waals surface area contributed by atoms with E-state index in [9.17, 15) is 22.0 Å². The lowest BCUT2D eigenvalue weighted by Crippen LogP contribution is -2.19. The minimum absolute atomic E-state index is 0.215. The lowest BCUT2D eigenvalue weighted by atomic mass is 10.3. The van der Waals surface area contributed by atoms with Crippen molar-refractivity contribution in [3.8, 4) is 11.5 Å². The van der Waals surface area contributed by atoms with Crippen LogP contribution in [0.4, 0.5) is 14.5 Å². The van der Waals surface area contributed by atoms with Crippen molar-refractivity contribution in [1.29, 1.82) is 0 Å². The Morgan fingerprint density at radius 1 is 1.43 bits per heavy atom. The number of hydrogen-bond acceptors (Lipinski definition) is 5. The summed E-state index contributed by atoms with van der Waals surface area (Å²) in [6.45, 7) is -3.14. The number of anilines is 1. The van der Waals surface area contributed by atoms with Gasteiger partial charge in [0.2, 0.25) is 10.0 Å². The first-order valence-corrected chi connectivity index (χ1v) is 7.24. The highest BCUT2D eigenvalue weighted by atomic mass is 32.2. The van der Waals surface area contributed by atoms with Crippen LogP contribution in [-0.4, -0.2) is 39.0 Å². The maximum Gasteiger partial charge on any atom is 0.387 e. The summed E-state index contributed by atoms with van der Waals surface area (Å²) in [5.74, 6) is -2.18. The molecule has 7 nitrogen and oxygen atoms in total. The number of sulfonamides is 1. The monoisotopic (exact) mass is 325 g/mol. The molecule has 0 heterocycles. The summed E-state index contributed by atoms with van der Waals surface area (Å²) in [5.41, 5.74) is -0.264. The van der Waals surface area contributed by atoms with Crippen molar-refractivity contribution < 1.29 is 36.6 Å². The molecule has 2 N–H and O–H groups in total. The van der Waals surface area contributed by atoms with Gasteiger partial charge in [0.25, 0.3) is 0 Å². The molecule has 0 aromatic heterocycles. The summed E-state index contributed by atoms with van der Waals surface area (Å²) in [5, 5.41) is 8.46. The molecule has 0 aliphatic rings. The van der Waals surface area contributed by atoms with Gasteiger partial charge in [-0.15, -0.1) is 0 Å². The van der Waals surface area contributed by atoms with Gasteiger partial charge in [0.05, 0.1) is 25.0 Å². The minimum atomic E-state index is -4.02. The van der Waals surface area contributed by atoms with Gasteiger partial charge < -0.3 is 14.6 Å². The fourth-order valence-corrected chi connectivity index (χ4v) is 2.39. The van der Waals surface area contributed by atoms with E-state index in [0.29, 0.717) is 0 Å². The molecule has 1 aromatic rings. The zero-order valence-corrected chi connectivity index (χ0v) is 11.7. The van der Waals surface area contributed by atoms with Crippen molar-refractivity contribution in [2.75, 3.05) is 17.6 Å². The number of methoxy groups -OCH3 is 1. The molecule has 0 aliphatic heterocycles. The molecule has 1 rings (SSSR count). The van der Waals surface area contributed by atoms with Crippen LogP contribution in [0.1, 0.15) is 6.42 Å². The molecule has 0 aliphatic carbocycles. The van der Waals surface area contributed by atoms with E-state index in [0.717, 1.165) is 12.1 Å². The molecule has 0 saturated carbocycles. The molecule has 0 atom stereocenters. The zero-order chi connectivity index (χ0) is 16.0. The third-order valence-corrected chi connectivity index (χ3v) is 3.53. The van der Waals surface area contributed by atoms with Crippen LogP contribution in [0.15, 0.2) is 18.2 Å². The number of nitrogens with one attached hydrogen (secondary N) is 1. The van der Waals surface area contributed by atoms with Crippen LogP contribution in [0.5, 0.6) is 11.5 Å². The highest BCUT2D eigenvalue weighted by Gasteiger charge is 2.18. The summed E-state index contributed by atoms with van der Waals surface area (Å²) < 4.78 is 58.9. The van der Waals surface area contributed by atoms with E-state index in [1.807, 2.05) is 4.72 Å². The smallest absolute Gasteiger partial charge is 0.387 e. The molecule has 10 heteroatoms. The average molecular weight is 325 g/mol. The summed E-state index contributed by atoms with van der Waals surface area (Å²) in [7, 11) is -2.71. The molecule has 0 saturated heterocycles. The van der Waals surface area contributed by atoms with Crippen molar-refractivity contribution in [2.45, 2.75) is 13.0 Å². The summed E-state index contributed by atoms with van der Waals surface area (Å²) in [6.07, 6.45) is -0.621. The predicted octanol–water partition coefficient (Wildman–Crippen LogP) is 1.51. The van der Waals surface area contributed by atoms with Gasteiger partial charge in [-0.25, -0.2) is 8.42 Å². The maximum atomic E-state index is 12.3. The number of carbonyl (C=O) groups is 1. The SMILES string of the molecule is COc1ccc(OC(F)F)c(NS(=O)(=O)CCC(=O)O)c1. The third-order valence-electron chi connectivity index (χ3n) is 2.25. The van der Waals surface area contributed by atoms with Gasteiger partial charge in [-0.3, -0.25) is 9.52 Å². The number of rotatable bonds is 8. The van der Waals surface area contributed by atoms with Crippen molar-refractivity contribution in [1.82, 2.24) is 0 Å². The number of aliphatic carboxylic acids is 1. The molecule has 1 aromatic carbocycles.